The lowest BCUT2D eigenvalue weighted by Gasteiger charge is -2.46. The number of rotatable bonds is 1. The van der Waals surface area contributed by atoms with Crippen molar-refractivity contribution < 1.29 is 0 Å². The molecule has 5 heteroatoms. The van der Waals surface area contributed by atoms with Gasteiger partial charge in [0, 0.05) is 10.8 Å². The van der Waals surface area contributed by atoms with Crippen molar-refractivity contribution >= 4 is 11.3 Å². The van der Waals surface area contributed by atoms with Crippen LogP contribution in [0.15, 0.2) is 40.4 Å². The predicted molar refractivity (Wildman–Crippen MR) is 101 cm³/mol. The lowest BCUT2D eigenvalue weighted by Crippen LogP contribution is -2.44. The summed E-state index contributed by atoms with van der Waals surface area (Å²) in [5.74, 6) is 0.0342. The van der Waals surface area contributed by atoms with Crippen molar-refractivity contribution in [1.82, 2.24) is 0 Å². The van der Waals surface area contributed by atoms with Crippen LogP contribution in [0.1, 0.15) is 44.4 Å². The van der Waals surface area contributed by atoms with E-state index in [-0.39, 0.29) is 22.9 Å². The Kier molecular flexibility index (Phi) is 4.43. The van der Waals surface area contributed by atoms with E-state index >= 15 is 0 Å². The van der Waals surface area contributed by atoms with Gasteiger partial charge in [-0.15, -0.1) is 11.3 Å². The van der Waals surface area contributed by atoms with E-state index < -0.39 is 5.41 Å². The van der Waals surface area contributed by atoms with Gasteiger partial charge in [0.1, 0.15) is 6.07 Å². The van der Waals surface area contributed by atoms with Gasteiger partial charge in [-0.25, -0.2) is 0 Å². The van der Waals surface area contributed by atoms with Gasteiger partial charge in [0.25, 0.3) is 0 Å². The molecule has 26 heavy (non-hydrogen) atoms. The van der Waals surface area contributed by atoms with Gasteiger partial charge in [-0.1, -0.05) is 32.9 Å². The van der Waals surface area contributed by atoms with Gasteiger partial charge in [-0.2, -0.15) is 15.8 Å². The molecule has 2 aliphatic rings. The van der Waals surface area contributed by atoms with Crippen LogP contribution in [0.4, 0.5) is 0 Å². The number of nitrogens with zero attached hydrogens (tertiary/aromatic N) is 3. The zero-order valence-electron chi connectivity index (χ0n) is 15.3. The fourth-order valence-electron chi connectivity index (χ4n) is 4.37. The van der Waals surface area contributed by atoms with Crippen molar-refractivity contribution in [2.75, 3.05) is 0 Å². The van der Waals surface area contributed by atoms with E-state index in [2.05, 4.69) is 45.1 Å². The van der Waals surface area contributed by atoms with Crippen LogP contribution in [0.25, 0.3) is 0 Å². The molecule has 132 valence electrons. The van der Waals surface area contributed by atoms with Crippen LogP contribution in [-0.2, 0) is 0 Å². The molecular formula is C21H22N4S. The fourth-order valence-corrected chi connectivity index (χ4v) is 5.33. The van der Waals surface area contributed by atoms with Crippen molar-refractivity contribution in [3.05, 3.63) is 45.3 Å². The Bertz CT molecular complexity index is 880. The van der Waals surface area contributed by atoms with Crippen molar-refractivity contribution in [1.29, 1.82) is 15.8 Å². The van der Waals surface area contributed by atoms with Crippen LogP contribution in [0.2, 0.25) is 0 Å². The highest BCUT2D eigenvalue weighted by atomic mass is 32.1. The summed E-state index contributed by atoms with van der Waals surface area (Å²) in [5, 5.41) is 31.7. The number of nitrogens with two attached hydrogens (primary N) is 1. The zero-order valence-corrected chi connectivity index (χ0v) is 16.1. The molecule has 0 saturated heterocycles. The van der Waals surface area contributed by atoms with Gasteiger partial charge in [-0.3, -0.25) is 0 Å². The number of allylic oxidation sites excluding steroid dienone is 4. The fraction of sp³-hybridized carbons (Fsp3) is 0.476. The van der Waals surface area contributed by atoms with Crippen LogP contribution in [0, 0.1) is 56.7 Å². The predicted octanol–water partition coefficient (Wildman–Crippen LogP) is 4.61. The van der Waals surface area contributed by atoms with Crippen molar-refractivity contribution in [2.24, 2.45) is 28.4 Å². The van der Waals surface area contributed by atoms with Crippen LogP contribution >= 0.6 is 11.3 Å². The monoisotopic (exact) mass is 362 g/mol. The standard InChI is InChI=1S/C21H22N4S/c1-20(2,3)13-6-7-14-15(9-13)18(17-5-4-8-26-17)21(11-23,12-24)19(25)16(14)10-22/h4-5,7-8,13,15,18H,6,9,25H2,1-3H3/t13-,15+,18+/m0/s1. The Morgan fingerprint density at radius 3 is 2.42 bits per heavy atom. The first-order valence-corrected chi connectivity index (χ1v) is 9.64. The van der Waals surface area contributed by atoms with E-state index in [0.717, 1.165) is 23.3 Å². The number of nitriles is 3. The van der Waals surface area contributed by atoms with Crippen LogP contribution in [-0.4, -0.2) is 0 Å². The van der Waals surface area contributed by atoms with E-state index in [1.807, 2.05) is 17.5 Å². The molecule has 0 radical (unpaired) electrons. The zero-order chi connectivity index (χ0) is 19.1. The molecule has 2 aliphatic carbocycles. The second-order valence-electron chi connectivity index (χ2n) is 8.23. The van der Waals surface area contributed by atoms with Gasteiger partial charge in [-0.05, 0) is 47.1 Å². The SMILES string of the molecule is CC(C)(C)[C@H]1CC=C2C(C#N)=C(N)C(C#N)(C#N)[C@@H](c3cccs3)[C@@H]2C1. The van der Waals surface area contributed by atoms with Gasteiger partial charge in [0.05, 0.1) is 23.4 Å². The number of hydrogen-bond acceptors (Lipinski definition) is 5. The summed E-state index contributed by atoms with van der Waals surface area (Å²) >= 11 is 1.55. The van der Waals surface area contributed by atoms with Crippen molar-refractivity contribution in [3.8, 4) is 18.2 Å². The summed E-state index contributed by atoms with van der Waals surface area (Å²) in [5.41, 5.74) is 6.27. The third kappa shape index (κ3) is 2.54. The first kappa shape index (κ1) is 18.2. The molecule has 3 rings (SSSR count). The third-order valence-electron chi connectivity index (χ3n) is 5.95. The summed E-state index contributed by atoms with van der Waals surface area (Å²) < 4.78 is 0. The van der Waals surface area contributed by atoms with E-state index in [4.69, 9.17) is 5.73 Å². The molecule has 0 aliphatic heterocycles. The molecule has 1 aromatic rings. The molecule has 2 N–H and O–H groups in total. The highest BCUT2D eigenvalue weighted by Crippen LogP contribution is 2.58. The molecule has 0 aromatic carbocycles. The van der Waals surface area contributed by atoms with Crippen LogP contribution in [0.5, 0.6) is 0 Å². The Morgan fingerprint density at radius 2 is 1.92 bits per heavy atom. The third-order valence-corrected chi connectivity index (χ3v) is 6.91. The summed E-state index contributed by atoms with van der Waals surface area (Å²) in [6.45, 7) is 6.66. The molecule has 1 heterocycles. The molecule has 0 unspecified atom stereocenters. The number of hydrogen-bond donors (Lipinski definition) is 1. The minimum absolute atomic E-state index is 0.0483. The van der Waals surface area contributed by atoms with Gasteiger partial charge in [0.15, 0.2) is 5.41 Å². The smallest absolute Gasteiger partial charge is 0.192 e. The van der Waals surface area contributed by atoms with Crippen molar-refractivity contribution in [3.63, 3.8) is 0 Å². The lowest BCUT2D eigenvalue weighted by molar-refractivity contribution is 0.171. The summed E-state index contributed by atoms with van der Waals surface area (Å²) in [6, 6.07) is 10.5. The minimum Gasteiger partial charge on any atom is -0.399 e. The molecule has 4 nitrogen and oxygen atoms in total. The summed E-state index contributed by atoms with van der Waals surface area (Å²) in [4.78, 5) is 0.985. The molecule has 3 atom stereocenters. The Morgan fingerprint density at radius 1 is 1.23 bits per heavy atom. The van der Waals surface area contributed by atoms with E-state index in [1.54, 1.807) is 11.3 Å². The average Bonchev–Trinajstić information content (AvgIpc) is 3.13. The van der Waals surface area contributed by atoms with Crippen LogP contribution in [0.3, 0.4) is 0 Å². The maximum atomic E-state index is 10.00. The van der Waals surface area contributed by atoms with E-state index in [9.17, 15) is 15.8 Å². The van der Waals surface area contributed by atoms with E-state index in [1.165, 1.54) is 0 Å². The van der Waals surface area contributed by atoms with Crippen LogP contribution < -0.4 is 5.73 Å². The van der Waals surface area contributed by atoms with E-state index in [0.29, 0.717) is 11.5 Å². The molecule has 0 fully saturated rings. The second-order valence-corrected chi connectivity index (χ2v) is 9.20. The Balaban J connectivity index is 2.27. The maximum Gasteiger partial charge on any atom is 0.192 e. The molecule has 0 amide bonds. The molecule has 1 aromatic heterocycles. The Labute approximate surface area is 158 Å². The number of fused-ring (bicyclic) bond motifs is 1. The molecule has 0 bridgehead atoms. The minimum atomic E-state index is -1.50. The second kappa shape index (κ2) is 6.31. The largest absolute Gasteiger partial charge is 0.399 e. The molecule has 0 spiro atoms. The highest BCUT2D eigenvalue weighted by molar-refractivity contribution is 7.10. The summed E-state index contributed by atoms with van der Waals surface area (Å²) in [6.07, 6.45) is 3.85. The van der Waals surface area contributed by atoms with Gasteiger partial charge >= 0.3 is 0 Å². The topological polar surface area (TPSA) is 97.4 Å². The highest BCUT2D eigenvalue weighted by Gasteiger charge is 2.55. The normalized spacial score (nSPS) is 27.5. The maximum absolute atomic E-state index is 10.00. The first-order valence-electron chi connectivity index (χ1n) is 8.76. The molecule has 0 saturated carbocycles. The lowest BCUT2D eigenvalue weighted by atomic mass is 9.55. The van der Waals surface area contributed by atoms with Gasteiger partial charge < -0.3 is 5.73 Å². The quantitative estimate of drug-likeness (QED) is 0.788. The Hall–Kier alpha value is -2.55. The molecular weight excluding hydrogens is 340 g/mol. The number of thiophene rings is 1. The summed E-state index contributed by atoms with van der Waals surface area (Å²) in [7, 11) is 0. The van der Waals surface area contributed by atoms with Crippen molar-refractivity contribution in [2.45, 2.75) is 39.5 Å². The first-order chi connectivity index (χ1) is 12.3. The van der Waals surface area contributed by atoms with Gasteiger partial charge in [0.2, 0.25) is 0 Å². The average molecular weight is 363 g/mol.